The van der Waals surface area contributed by atoms with Crippen LogP contribution in [-0.4, -0.2) is 31.1 Å². The summed E-state index contributed by atoms with van der Waals surface area (Å²) in [6.07, 6.45) is 2.79. The van der Waals surface area contributed by atoms with E-state index in [-0.39, 0.29) is 0 Å². The highest BCUT2D eigenvalue weighted by atomic mass is 15.2. The maximum atomic E-state index is 5.64. The minimum atomic E-state index is 0.791. The quantitative estimate of drug-likeness (QED) is 0.679. The largest absolute Gasteiger partial charge is 0.330 e. The molecule has 70 valence electrons. The van der Waals surface area contributed by atoms with Gasteiger partial charge in [0.2, 0.25) is 0 Å². The second-order valence-electron chi connectivity index (χ2n) is 4.62. The van der Waals surface area contributed by atoms with E-state index < -0.39 is 0 Å². The standard InChI is InChI=1S/C10H20N2/c1-8-4-10(8)7-12-3-2-9(5-11)6-12/h8-10H,2-7,11H2,1H3. The van der Waals surface area contributed by atoms with Gasteiger partial charge in [0.05, 0.1) is 0 Å². The maximum Gasteiger partial charge on any atom is 0.00223 e. The molecule has 2 nitrogen and oxygen atoms in total. The predicted molar refractivity (Wildman–Crippen MR) is 50.9 cm³/mol. The van der Waals surface area contributed by atoms with Crippen molar-refractivity contribution in [2.75, 3.05) is 26.2 Å². The van der Waals surface area contributed by atoms with Crippen LogP contribution >= 0.6 is 0 Å². The Morgan fingerprint density at radius 3 is 2.75 bits per heavy atom. The summed E-state index contributed by atoms with van der Waals surface area (Å²) < 4.78 is 0. The van der Waals surface area contributed by atoms with E-state index in [4.69, 9.17) is 5.73 Å². The zero-order chi connectivity index (χ0) is 8.55. The molecule has 0 amide bonds. The van der Waals surface area contributed by atoms with Crippen molar-refractivity contribution < 1.29 is 0 Å². The van der Waals surface area contributed by atoms with Crippen molar-refractivity contribution in [2.24, 2.45) is 23.5 Å². The molecule has 3 atom stereocenters. The Kier molecular flexibility index (Phi) is 2.37. The third-order valence-electron chi connectivity index (χ3n) is 3.47. The lowest BCUT2D eigenvalue weighted by molar-refractivity contribution is 0.307. The second-order valence-corrected chi connectivity index (χ2v) is 4.62. The molecule has 0 aromatic carbocycles. The number of rotatable bonds is 3. The van der Waals surface area contributed by atoms with Gasteiger partial charge in [0.25, 0.3) is 0 Å². The van der Waals surface area contributed by atoms with Crippen molar-refractivity contribution in [1.82, 2.24) is 4.90 Å². The third-order valence-corrected chi connectivity index (χ3v) is 3.47. The number of hydrogen-bond donors (Lipinski definition) is 1. The van der Waals surface area contributed by atoms with E-state index in [2.05, 4.69) is 11.8 Å². The molecule has 0 radical (unpaired) electrons. The fraction of sp³-hybridized carbons (Fsp3) is 1.00. The van der Waals surface area contributed by atoms with Crippen molar-refractivity contribution in [3.63, 3.8) is 0 Å². The molecule has 0 aromatic rings. The highest BCUT2D eigenvalue weighted by Crippen LogP contribution is 2.38. The molecule has 2 rings (SSSR count). The normalized spacial score (nSPS) is 42.0. The molecule has 0 bridgehead atoms. The van der Waals surface area contributed by atoms with Crippen LogP contribution in [0.5, 0.6) is 0 Å². The minimum absolute atomic E-state index is 0.791. The van der Waals surface area contributed by atoms with Crippen LogP contribution in [0.4, 0.5) is 0 Å². The lowest BCUT2D eigenvalue weighted by atomic mass is 10.1. The molecule has 2 aliphatic rings. The lowest BCUT2D eigenvalue weighted by Gasteiger charge is -2.14. The molecule has 0 aromatic heterocycles. The van der Waals surface area contributed by atoms with Crippen LogP contribution < -0.4 is 5.73 Å². The van der Waals surface area contributed by atoms with Crippen molar-refractivity contribution in [3.8, 4) is 0 Å². The summed E-state index contributed by atoms with van der Waals surface area (Å²) in [5.74, 6) is 2.81. The first kappa shape index (κ1) is 8.52. The van der Waals surface area contributed by atoms with Crippen molar-refractivity contribution in [2.45, 2.75) is 19.8 Å². The van der Waals surface area contributed by atoms with Crippen molar-refractivity contribution >= 4 is 0 Å². The van der Waals surface area contributed by atoms with Gasteiger partial charge in [-0.15, -0.1) is 0 Å². The smallest absolute Gasteiger partial charge is 0.00223 e. The van der Waals surface area contributed by atoms with Gasteiger partial charge in [-0.3, -0.25) is 0 Å². The molecular formula is C10H20N2. The summed E-state index contributed by atoms with van der Waals surface area (Å²) >= 11 is 0. The Hall–Kier alpha value is -0.0800. The van der Waals surface area contributed by atoms with Crippen LogP contribution in [-0.2, 0) is 0 Å². The lowest BCUT2D eigenvalue weighted by Crippen LogP contribution is -2.25. The summed E-state index contributed by atoms with van der Waals surface area (Å²) in [6, 6.07) is 0. The molecule has 1 heterocycles. The molecule has 12 heavy (non-hydrogen) atoms. The molecule has 2 N–H and O–H groups in total. The molecule has 1 saturated heterocycles. The molecule has 1 saturated carbocycles. The first-order chi connectivity index (χ1) is 5.79. The second kappa shape index (κ2) is 3.35. The van der Waals surface area contributed by atoms with E-state index in [1.165, 1.54) is 32.5 Å². The average Bonchev–Trinajstić information content (AvgIpc) is 2.61. The first-order valence-corrected chi connectivity index (χ1v) is 5.22. The molecule has 3 unspecified atom stereocenters. The number of hydrogen-bond acceptors (Lipinski definition) is 2. The zero-order valence-corrected chi connectivity index (χ0v) is 8.00. The summed E-state index contributed by atoms with van der Waals surface area (Å²) in [5, 5.41) is 0. The number of nitrogens with zero attached hydrogens (tertiary/aromatic N) is 1. The predicted octanol–water partition coefficient (Wildman–Crippen LogP) is 0.923. The summed E-state index contributed by atoms with van der Waals surface area (Å²) in [7, 11) is 0. The van der Waals surface area contributed by atoms with Gasteiger partial charge in [0.1, 0.15) is 0 Å². The fourth-order valence-corrected chi connectivity index (χ4v) is 2.26. The Balaban J connectivity index is 1.69. The van der Waals surface area contributed by atoms with Gasteiger partial charge in [-0.1, -0.05) is 6.92 Å². The van der Waals surface area contributed by atoms with Gasteiger partial charge >= 0.3 is 0 Å². The van der Waals surface area contributed by atoms with Gasteiger partial charge in [0, 0.05) is 13.1 Å². The zero-order valence-electron chi connectivity index (χ0n) is 8.00. The third kappa shape index (κ3) is 1.80. The first-order valence-electron chi connectivity index (χ1n) is 5.22. The van der Waals surface area contributed by atoms with Gasteiger partial charge in [-0.25, -0.2) is 0 Å². The highest BCUT2D eigenvalue weighted by molar-refractivity contribution is 4.87. The van der Waals surface area contributed by atoms with Crippen LogP contribution in [0.3, 0.4) is 0 Å². The molecule has 1 aliphatic carbocycles. The summed E-state index contributed by atoms with van der Waals surface area (Å²) in [6.45, 7) is 7.15. The van der Waals surface area contributed by atoms with Crippen LogP contribution in [0, 0.1) is 17.8 Å². The molecule has 2 fully saturated rings. The highest BCUT2D eigenvalue weighted by Gasteiger charge is 2.35. The van der Waals surface area contributed by atoms with Gasteiger partial charge in [-0.2, -0.15) is 0 Å². The Labute approximate surface area is 75.1 Å². The summed E-state index contributed by atoms with van der Waals surface area (Å²) in [5.41, 5.74) is 5.64. The van der Waals surface area contributed by atoms with Gasteiger partial charge in [0.15, 0.2) is 0 Å². The summed E-state index contributed by atoms with van der Waals surface area (Å²) in [4.78, 5) is 2.60. The van der Waals surface area contributed by atoms with Crippen molar-refractivity contribution in [3.05, 3.63) is 0 Å². The van der Waals surface area contributed by atoms with Crippen molar-refractivity contribution in [1.29, 1.82) is 0 Å². The van der Waals surface area contributed by atoms with E-state index in [1.807, 2.05) is 0 Å². The van der Waals surface area contributed by atoms with Gasteiger partial charge < -0.3 is 10.6 Å². The molecule has 1 aliphatic heterocycles. The van der Waals surface area contributed by atoms with Crippen LogP contribution in [0.2, 0.25) is 0 Å². The van der Waals surface area contributed by atoms with Gasteiger partial charge in [-0.05, 0) is 43.7 Å². The molecular weight excluding hydrogens is 148 g/mol. The Morgan fingerprint density at radius 2 is 2.25 bits per heavy atom. The molecule has 2 heteroatoms. The SMILES string of the molecule is CC1CC1CN1CCC(CN)C1. The van der Waals surface area contributed by atoms with E-state index in [0.717, 1.165) is 24.3 Å². The minimum Gasteiger partial charge on any atom is -0.330 e. The van der Waals surface area contributed by atoms with E-state index in [0.29, 0.717) is 0 Å². The van der Waals surface area contributed by atoms with E-state index in [9.17, 15) is 0 Å². The monoisotopic (exact) mass is 168 g/mol. The van der Waals surface area contributed by atoms with Crippen LogP contribution in [0.1, 0.15) is 19.8 Å². The van der Waals surface area contributed by atoms with Crippen LogP contribution in [0.25, 0.3) is 0 Å². The van der Waals surface area contributed by atoms with E-state index in [1.54, 1.807) is 0 Å². The Morgan fingerprint density at radius 1 is 1.50 bits per heavy atom. The number of likely N-dealkylation sites (tertiary alicyclic amines) is 1. The fourth-order valence-electron chi connectivity index (χ4n) is 2.26. The topological polar surface area (TPSA) is 29.3 Å². The molecule has 0 spiro atoms. The average molecular weight is 168 g/mol. The van der Waals surface area contributed by atoms with E-state index >= 15 is 0 Å². The number of nitrogens with two attached hydrogens (primary N) is 1. The Bertz CT molecular complexity index is 158. The van der Waals surface area contributed by atoms with Crippen LogP contribution in [0.15, 0.2) is 0 Å². The maximum absolute atomic E-state index is 5.64.